The Morgan fingerprint density at radius 3 is 1.62 bits per heavy atom. The third kappa shape index (κ3) is 13.2. The molecule has 21 nitrogen and oxygen atoms in total. The lowest BCUT2D eigenvalue weighted by Crippen LogP contribution is -2.50. The van der Waals surface area contributed by atoms with E-state index in [4.69, 9.17) is 20.2 Å². The van der Waals surface area contributed by atoms with Crippen molar-refractivity contribution in [1.29, 1.82) is 0 Å². The third-order valence-electron chi connectivity index (χ3n) is 12.8. The first-order valence-electron chi connectivity index (χ1n) is 25.1. The van der Waals surface area contributed by atoms with Crippen molar-refractivity contribution in [2.75, 3.05) is 83.8 Å². The number of rotatable bonds is 10. The van der Waals surface area contributed by atoms with E-state index in [2.05, 4.69) is 55.7 Å². The number of hydrogen-bond acceptors (Lipinski definition) is 18. The second-order valence-electron chi connectivity index (χ2n) is 20.5. The minimum atomic E-state index is -0.501. The van der Waals surface area contributed by atoms with Gasteiger partial charge in [-0.15, -0.1) is 0 Å². The highest BCUT2D eigenvalue weighted by Gasteiger charge is 2.29. The number of nitrogens with two attached hydrogens (primary N) is 1. The summed E-state index contributed by atoms with van der Waals surface area (Å²) in [6, 6.07) is 8.35. The van der Waals surface area contributed by atoms with E-state index in [0.717, 1.165) is 63.0 Å². The number of hydrogen-bond donors (Lipinski definition) is 4. The van der Waals surface area contributed by atoms with Crippen LogP contribution in [0, 0.1) is 0 Å². The van der Waals surface area contributed by atoms with Gasteiger partial charge < -0.3 is 50.8 Å². The molecule has 380 valence electrons. The van der Waals surface area contributed by atoms with Gasteiger partial charge in [0.1, 0.15) is 34.0 Å². The van der Waals surface area contributed by atoms with Crippen molar-refractivity contribution in [3.63, 3.8) is 0 Å². The number of aromatic nitrogens is 8. The van der Waals surface area contributed by atoms with Gasteiger partial charge in [-0.2, -0.15) is 9.97 Å². The van der Waals surface area contributed by atoms with Crippen molar-refractivity contribution in [1.82, 2.24) is 49.3 Å². The average Bonchev–Trinajstić information content (AvgIpc) is 4.08. The first-order chi connectivity index (χ1) is 34.0. The predicted octanol–water partition coefficient (Wildman–Crippen LogP) is 7.67. The maximum absolute atomic E-state index is 13.2. The molecule has 0 atom stereocenters. The number of pyridine rings is 2. The van der Waals surface area contributed by atoms with Gasteiger partial charge in [0.05, 0.1) is 41.8 Å². The summed E-state index contributed by atoms with van der Waals surface area (Å²) in [6.45, 7) is 18.5. The summed E-state index contributed by atoms with van der Waals surface area (Å²) < 4.78 is 12.8. The van der Waals surface area contributed by atoms with Gasteiger partial charge in [-0.3, -0.25) is 9.36 Å². The Bertz CT molecular complexity index is 2660. The lowest BCUT2D eigenvalue weighted by atomic mass is 10.2. The summed E-state index contributed by atoms with van der Waals surface area (Å²) in [5.74, 6) is 2.76. The fourth-order valence-corrected chi connectivity index (χ4v) is 9.14. The van der Waals surface area contributed by atoms with E-state index in [9.17, 15) is 14.4 Å². The van der Waals surface area contributed by atoms with Gasteiger partial charge in [0.25, 0.3) is 5.56 Å². The quantitative estimate of drug-likeness (QED) is 0.105. The van der Waals surface area contributed by atoms with E-state index in [1.165, 1.54) is 12.8 Å². The maximum atomic E-state index is 13.2. The van der Waals surface area contributed by atoms with Crippen LogP contribution in [0.5, 0.6) is 0 Å². The zero-order valence-corrected chi connectivity index (χ0v) is 42.3. The number of carbonyl (C=O) groups excluding carboxylic acids is 2. The molecule has 4 aliphatic rings. The molecule has 0 spiro atoms. The summed E-state index contributed by atoms with van der Waals surface area (Å²) in [6.07, 6.45) is 15.9. The molecule has 0 radical (unpaired) electrons. The van der Waals surface area contributed by atoms with Crippen molar-refractivity contribution in [3.8, 4) is 0 Å². The van der Waals surface area contributed by atoms with Crippen molar-refractivity contribution in [2.24, 2.45) is 0 Å². The van der Waals surface area contributed by atoms with Crippen LogP contribution in [0.3, 0.4) is 0 Å². The van der Waals surface area contributed by atoms with Gasteiger partial charge in [-0.05, 0) is 97.9 Å². The third-order valence-corrected chi connectivity index (χ3v) is 12.8. The van der Waals surface area contributed by atoms with Crippen LogP contribution in [0.4, 0.5) is 56.0 Å². The number of amides is 2. The topological polar surface area (TPSA) is 240 Å². The lowest BCUT2D eigenvalue weighted by molar-refractivity contribution is 0.0230. The number of nitrogens with one attached hydrogen (secondary N) is 3. The molecule has 0 unspecified atom stereocenters. The molecule has 9 rings (SSSR count). The molecule has 2 saturated heterocycles. The van der Waals surface area contributed by atoms with E-state index in [0.29, 0.717) is 104 Å². The molecule has 5 aromatic rings. The normalized spacial score (nSPS) is 16.9. The van der Waals surface area contributed by atoms with Crippen LogP contribution < -0.4 is 37.0 Å². The lowest BCUT2D eigenvalue weighted by Gasteiger charge is -2.36. The van der Waals surface area contributed by atoms with Crippen molar-refractivity contribution < 1.29 is 19.1 Å². The minimum absolute atomic E-state index is 0.0502. The number of ether oxygens (including phenoxy) is 2. The molecule has 71 heavy (non-hydrogen) atoms. The predicted molar refractivity (Wildman–Crippen MR) is 276 cm³/mol. The highest BCUT2D eigenvalue weighted by atomic mass is 16.6. The van der Waals surface area contributed by atoms with Crippen molar-refractivity contribution in [2.45, 2.75) is 130 Å². The first-order valence-corrected chi connectivity index (χ1v) is 25.1. The number of fused-ring (bicyclic) bond motifs is 1. The Labute approximate surface area is 415 Å². The molecule has 2 aliphatic carbocycles. The van der Waals surface area contributed by atoms with Crippen LogP contribution in [-0.2, 0) is 15.9 Å². The molecule has 5 aromatic heterocycles. The largest absolute Gasteiger partial charge is 0.444 e. The molecule has 0 bridgehead atoms. The van der Waals surface area contributed by atoms with E-state index < -0.39 is 11.2 Å². The smallest absolute Gasteiger partial charge is 0.410 e. The second kappa shape index (κ2) is 21.9. The summed E-state index contributed by atoms with van der Waals surface area (Å²) in [5, 5.41) is 9.76. The Kier molecular flexibility index (Phi) is 15.5. The van der Waals surface area contributed by atoms with Crippen LogP contribution >= 0.6 is 0 Å². The fraction of sp³-hybridized carbons (Fsp3) is 0.560. The van der Waals surface area contributed by atoms with Gasteiger partial charge in [-0.1, -0.05) is 32.6 Å². The zero-order valence-electron chi connectivity index (χ0n) is 42.3. The fourth-order valence-electron chi connectivity index (χ4n) is 9.14. The Morgan fingerprint density at radius 1 is 0.648 bits per heavy atom. The number of carbonyl (C=O) groups is 2. The number of aryl methyl sites for hydroxylation is 1. The minimum Gasteiger partial charge on any atom is -0.444 e. The Hall–Kier alpha value is -7.06. The summed E-state index contributed by atoms with van der Waals surface area (Å²) in [7, 11) is 0. The van der Waals surface area contributed by atoms with Gasteiger partial charge >= 0.3 is 12.2 Å². The molecule has 5 N–H and O–H groups in total. The van der Waals surface area contributed by atoms with Gasteiger partial charge in [0.2, 0.25) is 11.9 Å². The molecule has 2 amide bonds. The summed E-state index contributed by atoms with van der Waals surface area (Å²) in [4.78, 5) is 77.2. The standard InChI is InChI=1S/C27H36N8O3.C23H34N8O2/c1-5-20-24(36)35(18-8-6-7-9-18)23-21(30-20)17-29-25(32-23)31-22-11-10-19(16-28-22)33-12-14-34(15-13-33)26(37)38-27(2,3)4;1-23(2,3)33-22(32)31-12-10-30(11-13-31)17-8-9-19(25-14-17)28-21-26-15-18(24)20(29-21)27-16-6-4-5-7-16/h10-11,16-18H,5-9,12-15H2,1-4H3,(H,28,29,31,32);8-9,14-16H,4-7,10-13,24H2,1-3H3,(H2,25,26,27,28,29). The van der Waals surface area contributed by atoms with Gasteiger partial charge in [0, 0.05) is 64.4 Å². The number of nitrogen functional groups attached to an aromatic ring is 1. The molecule has 4 fully saturated rings. The Morgan fingerprint density at radius 2 is 1.14 bits per heavy atom. The molecule has 7 heterocycles. The molecule has 2 aliphatic heterocycles. The summed E-state index contributed by atoms with van der Waals surface area (Å²) >= 11 is 0. The van der Waals surface area contributed by atoms with Crippen LogP contribution in [0.15, 0.2) is 53.8 Å². The van der Waals surface area contributed by atoms with Crippen LogP contribution in [0.2, 0.25) is 0 Å². The average molecular weight is 975 g/mol. The van der Waals surface area contributed by atoms with E-state index in [1.54, 1.807) is 28.4 Å². The monoisotopic (exact) mass is 975 g/mol. The SMILES string of the molecule is CC(C)(C)OC(=O)N1CCN(c2ccc(Nc3ncc(N)c(NC4CCCC4)n3)nc2)CC1.CCc1nc2cnc(Nc3ccc(N4CCN(C(=O)OC(C)(C)C)CC4)cn3)nc2n(C2CCCC2)c1=O. The van der Waals surface area contributed by atoms with E-state index in [1.807, 2.05) is 83.5 Å². The highest BCUT2D eigenvalue weighted by molar-refractivity contribution is 5.72. The van der Waals surface area contributed by atoms with E-state index >= 15 is 0 Å². The van der Waals surface area contributed by atoms with Gasteiger partial charge in [0.15, 0.2) is 11.5 Å². The molecule has 21 heteroatoms. The van der Waals surface area contributed by atoms with Crippen LogP contribution in [0.1, 0.15) is 112 Å². The molecule has 0 aromatic carbocycles. The molecular formula is C50H70N16O5. The van der Waals surface area contributed by atoms with Crippen LogP contribution in [0.25, 0.3) is 11.2 Å². The number of anilines is 8. The molecule has 2 saturated carbocycles. The number of piperazine rings is 2. The first kappa shape index (κ1) is 50.3. The van der Waals surface area contributed by atoms with Gasteiger partial charge in [-0.25, -0.2) is 34.5 Å². The highest BCUT2D eigenvalue weighted by Crippen LogP contribution is 2.31. The van der Waals surface area contributed by atoms with E-state index in [-0.39, 0.29) is 23.8 Å². The molecular weight excluding hydrogens is 905 g/mol. The Balaban J connectivity index is 0.000000192. The van der Waals surface area contributed by atoms with Crippen molar-refractivity contribution in [3.05, 3.63) is 65.1 Å². The van der Waals surface area contributed by atoms with Crippen LogP contribution in [-0.4, -0.2) is 131 Å². The zero-order chi connectivity index (χ0) is 50.3. The number of nitrogens with zero attached hydrogens (tertiary/aromatic N) is 12. The van der Waals surface area contributed by atoms with Crippen molar-refractivity contribution >= 4 is 69.8 Å². The maximum Gasteiger partial charge on any atom is 0.410 e. The second-order valence-corrected chi connectivity index (χ2v) is 20.5. The summed E-state index contributed by atoms with van der Waals surface area (Å²) in [5.41, 5.74) is 9.30.